The van der Waals surface area contributed by atoms with Gasteiger partial charge in [0, 0.05) is 63.0 Å². The molecule has 0 aliphatic rings. The number of carbonyl (C=O) groups excluding carboxylic acids is 6. The fraction of sp³-hybridized carbons (Fsp3) is 0.739. The minimum Gasteiger partial charge on any atom is -0.550 e. The number of ketones is 3. The number of aliphatic hydroxyl groups is 1. The molecule has 1 N–H and O–H groups in total. The molecule has 0 fully saturated rings. The Kier molecular flexibility index (Phi) is 34.0. The Balaban J connectivity index is -0.000000115. The molecule has 0 bridgehead atoms. The summed E-state index contributed by atoms with van der Waals surface area (Å²) in [6, 6.07) is 0. The van der Waals surface area contributed by atoms with Crippen molar-refractivity contribution in [2.75, 3.05) is 6.61 Å². The topological polar surface area (TPSA) is 192 Å². The van der Waals surface area contributed by atoms with Crippen LogP contribution < -0.4 is 15.3 Å². The van der Waals surface area contributed by atoms with E-state index < -0.39 is 37.2 Å². The number of aliphatic hydroxyl groups excluding tert-OH is 1. The van der Waals surface area contributed by atoms with Crippen LogP contribution >= 0.6 is 0 Å². The molecule has 0 amide bonds. The first-order valence-electron chi connectivity index (χ1n) is 10.7. The molecule has 0 unspecified atom stereocenters. The minimum absolute atomic E-state index is 0. The SMILES string of the molecule is CC(C)CC(=O)CC(=O)[O-].CC(C)CC(=O)CC(=O)[O-].CC(C)CC(=O)CC(=O)[O-].CCO.[Ti+3]. The van der Waals surface area contributed by atoms with Crippen molar-refractivity contribution in [1.82, 2.24) is 0 Å². The molecule has 0 heterocycles. The summed E-state index contributed by atoms with van der Waals surface area (Å²) < 4.78 is 0. The van der Waals surface area contributed by atoms with Crippen molar-refractivity contribution >= 4 is 35.3 Å². The van der Waals surface area contributed by atoms with Crippen LogP contribution in [-0.4, -0.2) is 47.0 Å². The molecule has 1 radical (unpaired) electrons. The van der Waals surface area contributed by atoms with Gasteiger partial charge in [0.05, 0.1) is 0 Å². The number of rotatable bonds is 12. The van der Waals surface area contributed by atoms with Gasteiger partial charge in [0.15, 0.2) is 0 Å². The van der Waals surface area contributed by atoms with Gasteiger partial charge >= 0.3 is 21.7 Å². The van der Waals surface area contributed by atoms with Gasteiger partial charge in [-0.1, -0.05) is 41.5 Å². The number of Topliss-reactive ketones (excluding diaryl/α,β-unsaturated/α-hetero) is 3. The van der Waals surface area contributed by atoms with Crippen LogP contribution in [0.1, 0.15) is 87.0 Å². The Morgan fingerprint density at radius 1 is 0.559 bits per heavy atom. The number of carbonyl (C=O) groups is 6. The summed E-state index contributed by atoms with van der Waals surface area (Å²) in [5.74, 6) is -3.94. The maximum absolute atomic E-state index is 10.6. The van der Waals surface area contributed by atoms with E-state index >= 15 is 0 Å². The summed E-state index contributed by atoms with van der Waals surface area (Å²) in [7, 11) is 0. The second kappa shape index (κ2) is 27.3. The predicted octanol–water partition coefficient (Wildman–Crippen LogP) is -0.779. The van der Waals surface area contributed by atoms with Gasteiger partial charge in [0.25, 0.3) is 0 Å². The largest absolute Gasteiger partial charge is 3.00 e. The van der Waals surface area contributed by atoms with Gasteiger partial charge in [-0.3, -0.25) is 14.4 Å². The molecular formula is C23H39O10Ti. The molecule has 0 aromatic rings. The summed E-state index contributed by atoms with van der Waals surface area (Å²) in [5, 5.41) is 37.1. The molecule has 0 aliphatic carbocycles. The summed E-state index contributed by atoms with van der Waals surface area (Å²) >= 11 is 0. The molecule has 0 aromatic heterocycles. The van der Waals surface area contributed by atoms with Crippen LogP contribution in [0.3, 0.4) is 0 Å². The normalized spacial score (nSPS) is 9.26. The monoisotopic (exact) mass is 523 g/mol. The van der Waals surface area contributed by atoms with E-state index in [0.29, 0.717) is 19.3 Å². The van der Waals surface area contributed by atoms with Crippen molar-refractivity contribution in [3.05, 3.63) is 0 Å². The summed E-state index contributed by atoms with van der Waals surface area (Å²) in [5.41, 5.74) is 0. The summed E-state index contributed by atoms with van der Waals surface area (Å²) in [6.07, 6.45) is -0.357. The summed E-state index contributed by atoms with van der Waals surface area (Å²) in [6.45, 7) is 13.1. The maximum atomic E-state index is 10.6. The van der Waals surface area contributed by atoms with Crippen LogP contribution in [-0.2, 0) is 50.5 Å². The molecule has 0 saturated heterocycles. The molecule has 0 aromatic carbocycles. The molecule has 34 heavy (non-hydrogen) atoms. The maximum Gasteiger partial charge on any atom is 3.00 e. The van der Waals surface area contributed by atoms with Gasteiger partial charge in [-0.15, -0.1) is 0 Å². The molecular weight excluding hydrogens is 484 g/mol. The van der Waals surface area contributed by atoms with E-state index in [4.69, 9.17) is 5.11 Å². The van der Waals surface area contributed by atoms with Crippen LogP contribution in [0, 0.1) is 17.8 Å². The van der Waals surface area contributed by atoms with Crippen LogP contribution in [0.4, 0.5) is 0 Å². The van der Waals surface area contributed by atoms with E-state index in [1.54, 1.807) is 6.92 Å². The van der Waals surface area contributed by atoms with Crippen LogP contribution in [0.2, 0.25) is 0 Å². The van der Waals surface area contributed by atoms with Gasteiger partial charge in [-0.25, -0.2) is 0 Å². The van der Waals surface area contributed by atoms with Crippen molar-refractivity contribution in [1.29, 1.82) is 0 Å². The molecule has 0 saturated carbocycles. The smallest absolute Gasteiger partial charge is 0.550 e. The van der Waals surface area contributed by atoms with Crippen LogP contribution in [0.5, 0.6) is 0 Å². The zero-order chi connectivity index (χ0) is 27.1. The number of carboxylic acids is 3. The quantitative estimate of drug-likeness (QED) is 0.251. The van der Waals surface area contributed by atoms with Crippen molar-refractivity contribution in [3.8, 4) is 0 Å². The summed E-state index contributed by atoms with van der Waals surface area (Å²) in [4.78, 5) is 61.5. The first-order valence-corrected chi connectivity index (χ1v) is 10.7. The standard InChI is InChI=1S/3C7H12O3.C2H6O.Ti/c3*1-5(2)3-6(8)4-7(9)10;1-2-3;/h3*5H,3-4H2,1-2H3,(H,9,10);3H,2H2,1H3;/q;;;;+3/p-3. The van der Waals surface area contributed by atoms with Gasteiger partial charge in [0.2, 0.25) is 0 Å². The molecule has 0 atom stereocenters. The Bertz CT molecular complexity index is 518. The van der Waals surface area contributed by atoms with Gasteiger partial charge < -0.3 is 34.8 Å². The first kappa shape index (κ1) is 42.3. The Morgan fingerprint density at radius 2 is 0.706 bits per heavy atom. The first-order chi connectivity index (χ1) is 15.0. The fourth-order valence-corrected chi connectivity index (χ4v) is 2.07. The average molecular weight is 523 g/mol. The Labute approximate surface area is 217 Å². The van der Waals surface area contributed by atoms with E-state index in [2.05, 4.69) is 0 Å². The molecule has 0 aliphatic heterocycles. The van der Waals surface area contributed by atoms with Crippen LogP contribution in [0.15, 0.2) is 0 Å². The third kappa shape index (κ3) is 52.2. The molecule has 10 nitrogen and oxygen atoms in total. The third-order valence-electron chi connectivity index (χ3n) is 2.93. The van der Waals surface area contributed by atoms with E-state index in [0.717, 1.165) is 0 Å². The zero-order valence-corrected chi connectivity index (χ0v) is 22.9. The van der Waals surface area contributed by atoms with Gasteiger partial charge in [0.1, 0.15) is 17.3 Å². The van der Waals surface area contributed by atoms with Gasteiger partial charge in [-0.05, 0) is 24.7 Å². The van der Waals surface area contributed by atoms with E-state index in [-0.39, 0.29) is 63.4 Å². The Morgan fingerprint density at radius 3 is 0.794 bits per heavy atom. The van der Waals surface area contributed by atoms with Crippen molar-refractivity contribution in [2.24, 2.45) is 17.8 Å². The molecule has 195 valence electrons. The van der Waals surface area contributed by atoms with Crippen molar-refractivity contribution in [2.45, 2.75) is 87.0 Å². The molecule has 0 rings (SSSR count). The number of hydrogen-bond donors (Lipinski definition) is 1. The predicted molar refractivity (Wildman–Crippen MR) is 115 cm³/mol. The van der Waals surface area contributed by atoms with Crippen molar-refractivity contribution in [3.63, 3.8) is 0 Å². The van der Waals surface area contributed by atoms with E-state index in [1.165, 1.54) is 0 Å². The van der Waals surface area contributed by atoms with Crippen LogP contribution in [0.25, 0.3) is 0 Å². The number of aliphatic carboxylic acids is 3. The molecule has 11 heteroatoms. The molecule has 0 spiro atoms. The zero-order valence-electron chi connectivity index (χ0n) is 21.3. The average Bonchev–Trinajstić information content (AvgIpc) is 2.51. The third-order valence-corrected chi connectivity index (χ3v) is 2.93. The van der Waals surface area contributed by atoms with E-state index in [9.17, 15) is 44.1 Å². The Hall–Kier alpha value is -1.91. The number of hydrogen-bond acceptors (Lipinski definition) is 10. The second-order valence-corrected chi connectivity index (χ2v) is 8.37. The van der Waals surface area contributed by atoms with E-state index in [1.807, 2.05) is 41.5 Å². The fourth-order valence-electron chi connectivity index (χ4n) is 2.07. The second-order valence-electron chi connectivity index (χ2n) is 8.37. The van der Waals surface area contributed by atoms with Gasteiger partial charge in [-0.2, -0.15) is 0 Å². The minimum atomic E-state index is -1.29. The number of carboxylic acid groups (broad SMARTS) is 3. The van der Waals surface area contributed by atoms with Crippen molar-refractivity contribution < 1.29 is 70.9 Å².